The summed E-state index contributed by atoms with van der Waals surface area (Å²) in [6.45, 7) is 3.43. The molecule has 40 heavy (non-hydrogen) atoms. The van der Waals surface area contributed by atoms with Crippen LogP contribution in [-0.4, -0.2) is 66.0 Å². The van der Waals surface area contributed by atoms with Gasteiger partial charge in [0.1, 0.15) is 18.1 Å². The highest BCUT2D eigenvalue weighted by atomic mass is 79.9. The summed E-state index contributed by atoms with van der Waals surface area (Å²) < 4.78 is 11.6. The van der Waals surface area contributed by atoms with Crippen LogP contribution in [0.3, 0.4) is 0 Å². The lowest BCUT2D eigenvalue weighted by Crippen LogP contribution is -2.32. The largest absolute Gasteiger partial charge is 0.507 e. The van der Waals surface area contributed by atoms with Gasteiger partial charge in [-0.1, -0.05) is 29.8 Å². The van der Waals surface area contributed by atoms with Gasteiger partial charge >= 0.3 is 0 Å². The number of hydrogen-bond acceptors (Lipinski definition) is 7. The molecule has 1 amide bonds. The third-order valence-corrected chi connectivity index (χ3v) is 7.35. The number of hydrogen-bond donors (Lipinski definition) is 2. The van der Waals surface area contributed by atoms with Crippen LogP contribution in [0.25, 0.3) is 5.76 Å². The molecule has 0 aliphatic carbocycles. The Morgan fingerprint density at radius 3 is 2.45 bits per heavy atom. The summed E-state index contributed by atoms with van der Waals surface area (Å²) in [5.74, 6) is -1.06. The van der Waals surface area contributed by atoms with Crippen LogP contribution in [0.1, 0.15) is 34.7 Å². The number of benzene rings is 3. The molecule has 0 radical (unpaired) electrons. The maximum Gasteiger partial charge on any atom is 0.295 e. The monoisotopic (exact) mass is 608 g/mol. The van der Waals surface area contributed by atoms with E-state index in [-0.39, 0.29) is 22.8 Å². The Morgan fingerprint density at radius 2 is 1.80 bits per heavy atom. The van der Waals surface area contributed by atoms with Gasteiger partial charge in [-0.2, -0.15) is 0 Å². The molecule has 1 aliphatic heterocycles. The van der Waals surface area contributed by atoms with E-state index >= 15 is 0 Å². The Hall–Kier alpha value is -3.82. The van der Waals surface area contributed by atoms with Crippen molar-refractivity contribution in [3.63, 3.8) is 0 Å². The molecule has 0 saturated carbocycles. The van der Waals surface area contributed by atoms with E-state index in [9.17, 15) is 19.8 Å². The maximum atomic E-state index is 13.3. The lowest BCUT2D eigenvalue weighted by molar-refractivity contribution is -0.139. The van der Waals surface area contributed by atoms with Crippen LogP contribution >= 0.6 is 15.9 Å². The van der Waals surface area contributed by atoms with Gasteiger partial charge < -0.3 is 29.5 Å². The minimum absolute atomic E-state index is 0.0251. The number of phenolic OH excluding ortho intramolecular Hbond substituents is 1. The molecule has 1 atom stereocenters. The Kier molecular flexibility index (Phi) is 9.17. The lowest BCUT2D eigenvalue weighted by atomic mass is 9.95. The minimum atomic E-state index is -0.870. The average Bonchev–Trinajstić information content (AvgIpc) is 3.18. The van der Waals surface area contributed by atoms with Crippen molar-refractivity contribution >= 4 is 33.4 Å². The molecular weight excluding hydrogens is 576 g/mol. The molecule has 3 aromatic rings. The van der Waals surface area contributed by atoms with E-state index in [0.717, 1.165) is 11.1 Å². The first-order valence-electron chi connectivity index (χ1n) is 12.9. The number of methoxy groups -OCH3 is 1. The van der Waals surface area contributed by atoms with Crippen LogP contribution in [0.2, 0.25) is 0 Å². The number of halogens is 1. The van der Waals surface area contributed by atoms with Crippen molar-refractivity contribution in [1.29, 1.82) is 0 Å². The van der Waals surface area contributed by atoms with Gasteiger partial charge in [0.15, 0.2) is 11.5 Å². The Labute approximate surface area is 242 Å². The summed E-state index contributed by atoms with van der Waals surface area (Å²) in [7, 11) is 5.28. The highest BCUT2D eigenvalue weighted by molar-refractivity contribution is 9.10. The molecule has 0 bridgehead atoms. The molecule has 3 aromatic carbocycles. The Morgan fingerprint density at radius 1 is 1.07 bits per heavy atom. The van der Waals surface area contributed by atoms with Crippen LogP contribution < -0.4 is 9.47 Å². The van der Waals surface area contributed by atoms with Gasteiger partial charge in [-0.15, -0.1) is 0 Å². The Bertz CT molecular complexity index is 1430. The zero-order valence-corrected chi connectivity index (χ0v) is 24.6. The third-order valence-electron chi connectivity index (χ3n) is 6.75. The molecule has 1 saturated heterocycles. The van der Waals surface area contributed by atoms with Crippen LogP contribution in [-0.2, 0) is 16.2 Å². The number of phenols is 1. The number of aliphatic hydroxyl groups excluding tert-OH is 1. The molecule has 8 nitrogen and oxygen atoms in total. The first-order valence-corrected chi connectivity index (χ1v) is 13.7. The first kappa shape index (κ1) is 29.2. The van der Waals surface area contributed by atoms with Gasteiger partial charge in [-0.05, 0) is 97.4 Å². The summed E-state index contributed by atoms with van der Waals surface area (Å²) in [5, 5.41) is 21.7. The van der Waals surface area contributed by atoms with E-state index in [0.29, 0.717) is 47.5 Å². The van der Waals surface area contributed by atoms with Gasteiger partial charge in [0.2, 0.25) is 0 Å². The van der Waals surface area contributed by atoms with Gasteiger partial charge in [0, 0.05) is 12.1 Å². The minimum Gasteiger partial charge on any atom is -0.507 e. The number of Topliss-reactive ketones (excluding diaryl/α,β-unsaturated/α-hetero) is 1. The van der Waals surface area contributed by atoms with Gasteiger partial charge in [-0.25, -0.2) is 0 Å². The molecule has 9 heteroatoms. The quantitative estimate of drug-likeness (QED) is 0.180. The summed E-state index contributed by atoms with van der Waals surface area (Å²) in [4.78, 5) is 30.0. The third kappa shape index (κ3) is 6.32. The number of carbonyl (C=O) groups excluding carboxylic acids is 2. The molecule has 1 fully saturated rings. The molecule has 2 N–H and O–H groups in total. The molecule has 0 spiro atoms. The van der Waals surface area contributed by atoms with E-state index in [1.807, 2.05) is 44.1 Å². The second kappa shape index (κ2) is 12.6. The fraction of sp³-hybridized carbons (Fsp3) is 0.290. The molecular formula is C31H33BrN2O6. The standard InChI is InChI=1S/C31H33BrN2O6/c1-19-7-5-8-20(15-19)18-40-23-11-9-21(10-12-23)28(35)26-27(22-16-24(32)29(36)25(17-22)39-4)34(31(38)30(26)37)14-6-13-33(2)3/h5,7-12,15-17,27,35-36H,6,13-14,18H2,1-4H3. The van der Waals surface area contributed by atoms with E-state index in [1.165, 1.54) is 12.0 Å². The molecule has 0 aromatic heterocycles. The number of ketones is 1. The number of ether oxygens (including phenoxy) is 2. The number of rotatable bonds is 10. The van der Waals surface area contributed by atoms with Crippen molar-refractivity contribution in [1.82, 2.24) is 9.80 Å². The second-order valence-corrected chi connectivity index (χ2v) is 10.9. The van der Waals surface area contributed by atoms with Crippen LogP contribution in [0.4, 0.5) is 0 Å². The number of amides is 1. The normalized spacial score (nSPS) is 16.6. The summed E-state index contributed by atoms with van der Waals surface area (Å²) in [5.41, 5.74) is 3.06. The number of aliphatic hydroxyl groups is 1. The van der Waals surface area contributed by atoms with Gasteiger partial charge in [0.25, 0.3) is 11.7 Å². The fourth-order valence-electron chi connectivity index (χ4n) is 4.75. The fourth-order valence-corrected chi connectivity index (χ4v) is 5.21. The summed E-state index contributed by atoms with van der Waals surface area (Å²) in [6, 6.07) is 17.1. The molecule has 210 valence electrons. The van der Waals surface area contributed by atoms with Crippen molar-refractivity contribution in [3.8, 4) is 17.2 Å². The zero-order chi connectivity index (χ0) is 29.0. The predicted octanol–water partition coefficient (Wildman–Crippen LogP) is 5.42. The van der Waals surface area contributed by atoms with Crippen LogP contribution in [0.15, 0.2) is 70.7 Å². The zero-order valence-electron chi connectivity index (χ0n) is 23.0. The molecule has 1 heterocycles. The SMILES string of the molecule is COc1cc(C2C(=C(O)c3ccc(OCc4cccc(C)c4)cc3)C(=O)C(=O)N2CCCN(C)C)cc(Br)c1O. The topological polar surface area (TPSA) is 99.5 Å². The Balaban J connectivity index is 1.69. The van der Waals surface area contributed by atoms with E-state index in [2.05, 4.69) is 22.0 Å². The van der Waals surface area contributed by atoms with Crippen molar-refractivity contribution in [2.75, 3.05) is 34.3 Å². The lowest BCUT2D eigenvalue weighted by Gasteiger charge is -2.26. The van der Waals surface area contributed by atoms with Crippen molar-refractivity contribution < 1.29 is 29.3 Å². The average molecular weight is 610 g/mol. The van der Waals surface area contributed by atoms with Gasteiger partial charge in [-0.3, -0.25) is 9.59 Å². The summed E-state index contributed by atoms with van der Waals surface area (Å²) >= 11 is 3.33. The van der Waals surface area contributed by atoms with E-state index < -0.39 is 17.7 Å². The molecule has 4 rings (SSSR count). The number of aromatic hydroxyl groups is 1. The number of likely N-dealkylation sites (tertiary alicyclic amines) is 1. The van der Waals surface area contributed by atoms with Crippen molar-refractivity contribution in [2.45, 2.75) is 26.0 Å². The second-order valence-electron chi connectivity index (χ2n) is 10.0. The smallest absolute Gasteiger partial charge is 0.295 e. The van der Waals surface area contributed by atoms with E-state index in [4.69, 9.17) is 9.47 Å². The highest BCUT2D eigenvalue weighted by Crippen LogP contribution is 2.44. The van der Waals surface area contributed by atoms with Crippen molar-refractivity contribution in [2.24, 2.45) is 0 Å². The van der Waals surface area contributed by atoms with Gasteiger partial charge in [0.05, 0.1) is 23.2 Å². The molecule has 1 aliphatic rings. The molecule has 1 unspecified atom stereocenters. The van der Waals surface area contributed by atoms with Crippen molar-refractivity contribution in [3.05, 3.63) is 93.0 Å². The van der Waals surface area contributed by atoms with Crippen LogP contribution in [0, 0.1) is 6.92 Å². The maximum absolute atomic E-state index is 13.3. The first-order chi connectivity index (χ1) is 19.1. The van der Waals surface area contributed by atoms with Crippen LogP contribution in [0.5, 0.6) is 17.2 Å². The number of carbonyl (C=O) groups is 2. The number of nitrogens with zero attached hydrogens (tertiary/aromatic N) is 2. The number of aryl methyl sites for hydroxylation is 1. The van der Waals surface area contributed by atoms with E-state index in [1.54, 1.807) is 36.4 Å². The highest BCUT2D eigenvalue weighted by Gasteiger charge is 2.46. The summed E-state index contributed by atoms with van der Waals surface area (Å²) in [6.07, 6.45) is 0.625. The predicted molar refractivity (Wildman–Crippen MR) is 156 cm³/mol.